The van der Waals surface area contributed by atoms with E-state index in [9.17, 15) is 4.79 Å². The Labute approximate surface area is 117 Å². The maximum atomic E-state index is 12.3. The first-order chi connectivity index (χ1) is 8.45. The molecule has 1 unspecified atom stereocenters. The Morgan fingerprint density at radius 3 is 2.61 bits per heavy atom. The summed E-state index contributed by atoms with van der Waals surface area (Å²) in [4.78, 5) is 12.3. The Balaban J connectivity index is 2.43. The van der Waals surface area contributed by atoms with E-state index in [-0.39, 0.29) is 11.7 Å². The SMILES string of the molecule is COc1cc2c(c(Cl)c1Cl)C(=O)C(CC(C)C)C2. The van der Waals surface area contributed by atoms with E-state index in [0.717, 1.165) is 18.4 Å². The third-order valence-electron chi connectivity index (χ3n) is 3.31. The number of halogens is 2. The number of fused-ring (bicyclic) bond motifs is 1. The third-order valence-corrected chi connectivity index (χ3v) is 4.16. The fourth-order valence-electron chi connectivity index (χ4n) is 2.55. The van der Waals surface area contributed by atoms with Gasteiger partial charge in [0.15, 0.2) is 5.78 Å². The largest absolute Gasteiger partial charge is 0.495 e. The van der Waals surface area contributed by atoms with Crippen LogP contribution in [-0.4, -0.2) is 12.9 Å². The Hall–Kier alpha value is -0.730. The minimum Gasteiger partial charge on any atom is -0.495 e. The molecule has 2 nitrogen and oxygen atoms in total. The van der Waals surface area contributed by atoms with Crippen LogP contribution in [0.2, 0.25) is 10.0 Å². The van der Waals surface area contributed by atoms with Gasteiger partial charge in [-0.1, -0.05) is 37.0 Å². The first kappa shape index (κ1) is 13.7. The molecule has 0 N–H and O–H groups in total. The average Bonchev–Trinajstić information content (AvgIpc) is 2.60. The molecule has 0 heterocycles. The van der Waals surface area contributed by atoms with Gasteiger partial charge in [-0.15, -0.1) is 0 Å². The van der Waals surface area contributed by atoms with Gasteiger partial charge in [-0.3, -0.25) is 4.79 Å². The number of rotatable bonds is 3. The monoisotopic (exact) mass is 286 g/mol. The zero-order chi connectivity index (χ0) is 13.4. The van der Waals surface area contributed by atoms with Gasteiger partial charge in [0, 0.05) is 11.5 Å². The summed E-state index contributed by atoms with van der Waals surface area (Å²) in [5.41, 5.74) is 1.55. The highest BCUT2D eigenvalue weighted by molar-refractivity contribution is 6.45. The predicted octanol–water partition coefficient (Wildman–Crippen LogP) is 4.40. The number of Topliss-reactive ketones (excluding diaryl/α,β-unsaturated/α-hetero) is 1. The van der Waals surface area contributed by atoms with Crippen molar-refractivity contribution in [2.24, 2.45) is 11.8 Å². The molecule has 0 bridgehead atoms. The standard InChI is InChI=1S/C14H16Cl2O2/c1-7(2)4-9-5-8-6-10(18-3)12(15)13(16)11(8)14(9)17/h6-7,9H,4-5H2,1-3H3. The van der Waals surface area contributed by atoms with Crippen molar-refractivity contribution in [1.82, 2.24) is 0 Å². The van der Waals surface area contributed by atoms with Gasteiger partial charge in [0.25, 0.3) is 0 Å². The molecule has 1 aliphatic carbocycles. The number of ketones is 1. The zero-order valence-electron chi connectivity index (χ0n) is 10.7. The zero-order valence-corrected chi connectivity index (χ0v) is 12.2. The lowest BCUT2D eigenvalue weighted by Gasteiger charge is -2.10. The van der Waals surface area contributed by atoms with Gasteiger partial charge in [0.1, 0.15) is 10.8 Å². The van der Waals surface area contributed by atoms with Gasteiger partial charge in [-0.2, -0.15) is 0 Å². The number of benzene rings is 1. The summed E-state index contributed by atoms with van der Waals surface area (Å²) < 4.78 is 5.17. The van der Waals surface area contributed by atoms with E-state index in [1.807, 2.05) is 6.07 Å². The summed E-state index contributed by atoms with van der Waals surface area (Å²) in [5.74, 6) is 1.18. The van der Waals surface area contributed by atoms with Crippen molar-refractivity contribution in [2.45, 2.75) is 26.7 Å². The van der Waals surface area contributed by atoms with Crippen LogP contribution >= 0.6 is 23.2 Å². The molecule has 1 aromatic carbocycles. The highest BCUT2D eigenvalue weighted by Crippen LogP contribution is 2.43. The van der Waals surface area contributed by atoms with E-state index < -0.39 is 0 Å². The molecular formula is C14H16Cl2O2. The van der Waals surface area contributed by atoms with Crippen LogP contribution in [0.15, 0.2) is 6.07 Å². The number of methoxy groups -OCH3 is 1. The highest BCUT2D eigenvalue weighted by Gasteiger charge is 2.34. The van der Waals surface area contributed by atoms with Gasteiger partial charge in [-0.05, 0) is 30.4 Å². The molecule has 1 atom stereocenters. The van der Waals surface area contributed by atoms with Crippen LogP contribution in [0.25, 0.3) is 0 Å². The number of carbonyl (C=O) groups excluding carboxylic acids is 1. The average molecular weight is 287 g/mol. The van der Waals surface area contributed by atoms with Crippen LogP contribution in [0.4, 0.5) is 0 Å². The van der Waals surface area contributed by atoms with Crippen LogP contribution in [0.5, 0.6) is 5.75 Å². The van der Waals surface area contributed by atoms with Gasteiger partial charge in [-0.25, -0.2) is 0 Å². The smallest absolute Gasteiger partial charge is 0.168 e. The number of hydrogen-bond acceptors (Lipinski definition) is 2. The molecule has 0 aromatic heterocycles. The number of hydrogen-bond donors (Lipinski definition) is 0. The Bertz CT molecular complexity index is 495. The highest BCUT2D eigenvalue weighted by atomic mass is 35.5. The predicted molar refractivity (Wildman–Crippen MR) is 74.0 cm³/mol. The molecule has 2 rings (SSSR count). The molecule has 18 heavy (non-hydrogen) atoms. The maximum absolute atomic E-state index is 12.3. The second kappa shape index (κ2) is 5.10. The molecule has 0 radical (unpaired) electrons. The van der Waals surface area contributed by atoms with E-state index >= 15 is 0 Å². The minimum atomic E-state index is 0.0284. The summed E-state index contributed by atoms with van der Waals surface area (Å²) in [7, 11) is 1.55. The Morgan fingerprint density at radius 2 is 2.06 bits per heavy atom. The molecule has 0 amide bonds. The third kappa shape index (κ3) is 2.24. The minimum absolute atomic E-state index is 0.0284. The lowest BCUT2D eigenvalue weighted by atomic mass is 9.94. The molecule has 0 fully saturated rings. The van der Waals surface area contributed by atoms with Gasteiger partial charge < -0.3 is 4.74 Å². The topological polar surface area (TPSA) is 26.3 Å². The maximum Gasteiger partial charge on any atom is 0.168 e. The van der Waals surface area contributed by atoms with Crippen LogP contribution < -0.4 is 4.74 Å². The number of carbonyl (C=O) groups is 1. The molecular weight excluding hydrogens is 271 g/mol. The van der Waals surface area contributed by atoms with Crippen molar-refractivity contribution in [3.8, 4) is 5.75 Å². The van der Waals surface area contributed by atoms with Crippen molar-refractivity contribution in [1.29, 1.82) is 0 Å². The molecule has 1 aromatic rings. The van der Waals surface area contributed by atoms with Crippen molar-refractivity contribution in [3.05, 3.63) is 27.2 Å². The summed E-state index contributed by atoms with van der Waals surface area (Å²) in [6, 6.07) is 1.84. The second-order valence-electron chi connectivity index (χ2n) is 5.14. The fraction of sp³-hybridized carbons (Fsp3) is 0.500. The van der Waals surface area contributed by atoms with E-state index in [1.165, 1.54) is 0 Å². The van der Waals surface area contributed by atoms with E-state index in [1.54, 1.807) is 7.11 Å². The van der Waals surface area contributed by atoms with Gasteiger partial charge >= 0.3 is 0 Å². The molecule has 98 valence electrons. The first-order valence-corrected chi connectivity index (χ1v) is 6.80. The van der Waals surface area contributed by atoms with Crippen LogP contribution in [-0.2, 0) is 6.42 Å². The summed E-state index contributed by atoms with van der Waals surface area (Å²) in [6.45, 7) is 4.23. The summed E-state index contributed by atoms with van der Waals surface area (Å²) in [6.07, 6.45) is 1.61. The molecule has 1 aliphatic rings. The molecule has 0 aliphatic heterocycles. The van der Waals surface area contributed by atoms with Crippen molar-refractivity contribution < 1.29 is 9.53 Å². The van der Waals surface area contributed by atoms with Gasteiger partial charge in [0.05, 0.1) is 12.1 Å². The van der Waals surface area contributed by atoms with E-state index in [2.05, 4.69) is 13.8 Å². The van der Waals surface area contributed by atoms with Crippen LogP contribution in [0.3, 0.4) is 0 Å². The fourth-order valence-corrected chi connectivity index (χ4v) is 3.08. The van der Waals surface area contributed by atoms with Crippen molar-refractivity contribution >= 4 is 29.0 Å². The van der Waals surface area contributed by atoms with Crippen molar-refractivity contribution in [3.63, 3.8) is 0 Å². The normalized spacial score (nSPS) is 18.3. The lowest BCUT2D eigenvalue weighted by Crippen LogP contribution is -2.11. The number of ether oxygens (including phenoxy) is 1. The van der Waals surface area contributed by atoms with E-state index in [4.69, 9.17) is 27.9 Å². The molecule has 0 spiro atoms. The second-order valence-corrected chi connectivity index (χ2v) is 5.89. The van der Waals surface area contributed by atoms with Crippen molar-refractivity contribution in [2.75, 3.05) is 7.11 Å². The molecule has 0 saturated carbocycles. The van der Waals surface area contributed by atoms with E-state index in [0.29, 0.717) is 27.3 Å². The quantitative estimate of drug-likeness (QED) is 0.823. The summed E-state index contributed by atoms with van der Waals surface area (Å²) >= 11 is 12.3. The Morgan fingerprint density at radius 1 is 1.39 bits per heavy atom. The molecule has 0 saturated heterocycles. The molecule has 4 heteroatoms. The van der Waals surface area contributed by atoms with Crippen LogP contribution in [0, 0.1) is 11.8 Å². The van der Waals surface area contributed by atoms with Crippen LogP contribution in [0.1, 0.15) is 36.2 Å². The van der Waals surface area contributed by atoms with Gasteiger partial charge in [0.2, 0.25) is 0 Å². The summed E-state index contributed by atoms with van der Waals surface area (Å²) in [5, 5.41) is 0.665. The first-order valence-electron chi connectivity index (χ1n) is 6.04. The lowest BCUT2D eigenvalue weighted by molar-refractivity contribution is 0.0922. The Kier molecular flexibility index (Phi) is 3.88.